The number of likely N-dealkylation sites (tertiary alicyclic amines) is 1. The van der Waals surface area contributed by atoms with Crippen molar-refractivity contribution < 1.29 is 17.9 Å². The number of sulfonamides is 1. The normalized spacial score (nSPS) is 21.0. The Balaban J connectivity index is 1.42. The first kappa shape index (κ1) is 20.9. The number of carbonyl (C=O) groups excluding carboxylic acids is 1. The van der Waals surface area contributed by atoms with Gasteiger partial charge in [0.15, 0.2) is 0 Å². The summed E-state index contributed by atoms with van der Waals surface area (Å²) in [4.78, 5) is 15.6. The largest absolute Gasteiger partial charge is 0.497 e. The molecule has 0 bridgehead atoms. The molecule has 2 aromatic rings. The van der Waals surface area contributed by atoms with Crippen LogP contribution < -0.4 is 4.74 Å². The molecule has 2 heterocycles. The first-order chi connectivity index (χ1) is 14.5. The Morgan fingerprint density at radius 2 is 1.70 bits per heavy atom. The van der Waals surface area contributed by atoms with Gasteiger partial charge in [-0.25, -0.2) is 8.42 Å². The van der Waals surface area contributed by atoms with E-state index in [2.05, 4.69) is 0 Å². The SMILES string of the molecule is COc1cccc([C@H]2CCCN2C(=O)C2CCN(S(=O)(=O)c3ccccc3)CC2)c1. The van der Waals surface area contributed by atoms with Crippen LogP contribution in [0.4, 0.5) is 0 Å². The quantitative estimate of drug-likeness (QED) is 0.732. The molecule has 0 aromatic heterocycles. The van der Waals surface area contributed by atoms with E-state index in [-0.39, 0.29) is 17.9 Å². The maximum atomic E-state index is 13.3. The fourth-order valence-electron chi connectivity index (χ4n) is 4.54. The third-order valence-electron chi connectivity index (χ3n) is 6.20. The van der Waals surface area contributed by atoms with Gasteiger partial charge in [-0.2, -0.15) is 4.31 Å². The molecule has 4 rings (SSSR count). The van der Waals surface area contributed by atoms with Gasteiger partial charge in [-0.05, 0) is 55.5 Å². The molecule has 0 spiro atoms. The lowest BCUT2D eigenvalue weighted by Gasteiger charge is -2.34. The van der Waals surface area contributed by atoms with Crippen molar-refractivity contribution in [2.75, 3.05) is 26.7 Å². The van der Waals surface area contributed by atoms with Crippen LogP contribution in [0.1, 0.15) is 37.3 Å². The van der Waals surface area contributed by atoms with Crippen molar-refractivity contribution in [3.63, 3.8) is 0 Å². The first-order valence-corrected chi connectivity index (χ1v) is 11.9. The van der Waals surface area contributed by atoms with Gasteiger partial charge in [0.2, 0.25) is 15.9 Å². The van der Waals surface area contributed by atoms with Crippen molar-refractivity contribution >= 4 is 15.9 Å². The van der Waals surface area contributed by atoms with Crippen LogP contribution in [0.15, 0.2) is 59.5 Å². The van der Waals surface area contributed by atoms with Gasteiger partial charge in [0.05, 0.1) is 18.0 Å². The van der Waals surface area contributed by atoms with Gasteiger partial charge in [-0.1, -0.05) is 30.3 Å². The summed E-state index contributed by atoms with van der Waals surface area (Å²) < 4.78 is 32.5. The molecular formula is C23H28N2O4S. The van der Waals surface area contributed by atoms with E-state index in [1.165, 1.54) is 4.31 Å². The molecule has 2 fully saturated rings. The monoisotopic (exact) mass is 428 g/mol. The van der Waals surface area contributed by atoms with Crippen LogP contribution >= 0.6 is 0 Å². The van der Waals surface area contributed by atoms with E-state index >= 15 is 0 Å². The molecule has 1 atom stereocenters. The summed E-state index contributed by atoms with van der Waals surface area (Å²) in [6.07, 6.45) is 3.05. The Labute approximate surface area is 178 Å². The van der Waals surface area contributed by atoms with Crippen LogP contribution in [0, 0.1) is 5.92 Å². The maximum Gasteiger partial charge on any atom is 0.243 e. The van der Waals surface area contributed by atoms with Gasteiger partial charge in [-0.15, -0.1) is 0 Å². The van der Waals surface area contributed by atoms with Gasteiger partial charge in [0.1, 0.15) is 5.75 Å². The Morgan fingerprint density at radius 3 is 2.40 bits per heavy atom. The molecular weight excluding hydrogens is 400 g/mol. The number of amides is 1. The molecule has 0 N–H and O–H groups in total. The number of piperidine rings is 1. The summed E-state index contributed by atoms with van der Waals surface area (Å²) in [5, 5.41) is 0. The van der Waals surface area contributed by atoms with E-state index in [0.29, 0.717) is 30.8 Å². The topological polar surface area (TPSA) is 66.9 Å². The van der Waals surface area contributed by atoms with Crippen LogP contribution in [0.2, 0.25) is 0 Å². The van der Waals surface area contributed by atoms with Crippen LogP contribution in [0.25, 0.3) is 0 Å². The lowest BCUT2D eigenvalue weighted by molar-refractivity contribution is -0.137. The number of methoxy groups -OCH3 is 1. The lowest BCUT2D eigenvalue weighted by Crippen LogP contribution is -2.44. The molecule has 2 aliphatic heterocycles. The fraction of sp³-hybridized carbons (Fsp3) is 0.435. The number of hydrogen-bond acceptors (Lipinski definition) is 4. The van der Waals surface area contributed by atoms with Gasteiger partial charge in [0.25, 0.3) is 0 Å². The smallest absolute Gasteiger partial charge is 0.243 e. The summed E-state index contributed by atoms with van der Waals surface area (Å²) in [6.45, 7) is 1.51. The highest BCUT2D eigenvalue weighted by Crippen LogP contribution is 2.36. The minimum absolute atomic E-state index is 0.0682. The molecule has 0 saturated carbocycles. The minimum Gasteiger partial charge on any atom is -0.497 e. The molecule has 0 unspecified atom stereocenters. The van der Waals surface area contributed by atoms with E-state index < -0.39 is 10.0 Å². The standard InChI is InChI=1S/C23H28N2O4S/c1-29-20-8-5-7-19(17-20)22-11-6-14-25(22)23(26)18-12-15-24(16-13-18)30(27,28)21-9-3-2-4-10-21/h2-5,7-10,17-18,22H,6,11-16H2,1H3/t22-/m1/s1. The lowest BCUT2D eigenvalue weighted by atomic mass is 9.95. The van der Waals surface area contributed by atoms with Crippen molar-refractivity contribution in [3.8, 4) is 5.75 Å². The summed E-state index contributed by atoms with van der Waals surface area (Å²) in [6, 6.07) is 16.5. The third kappa shape index (κ3) is 4.09. The van der Waals surface area contributed by atoms with Crippen LogP contribution in [-0.4, -0.2) is 50.3 Å². The Bertz CT molecular complexity index is 985. The van der Waals surface area contributed by atoms with E-state index in [9.17, 15) is 13.2 Å². The highest BCUT2D eigenvalue weighted by molar-refractivity contribution is 7.89. The second-order valence-corrected chi connectivity index (χ2v) is 9.90. The van der Waals surface area contributed by atoms with Gasteiger partial charge >= 0.3 is 0 Å². The molecule has 0 aliphatic carbocycles. The van der Waals surface area contributed by atoms with Crippen molar-refractivity contribution in [1.82, 2.24) is 9.21 Å². The van der Waals surface area contributed by atoms with Gasteiger partial charge in [0, 0.05) is 25.6 Å². The van der Waals surface area contributed by atoms with Crippen LogP contribution in [-0.2, 0) is 14.8 Å². The number of carbonyl (C=O) groups is 1. The zero-order valence-electron chi connectivity index (χ0n) is 17.2. The first-order valence-electron chi connectivity index (χ1n) is 10.5. The predicted molar refractivity (Wildman–Crippen MR) is 115 cm³/mol. The molecule has 0 radical (unpaired) electrons. The maximum absolute atomic E-state index is 13.3. The van der Waals surface area contributed by atoms with E-state index in [0.717, 1.165) is 30.7 Å². The summed E-state index contributed by atoms with van der Waals surface area (Å²) in [7, 11) is -1.85. The summed E-state index contributed by atoms with van der Waals surface area (Å²) in [5.41, 5.74) is 1.10. The summed E-state index contributed by atoms with van der Waals surface area (Å²) >= 11 is 0. The highest BCUT2D eigenvalue weighted by atomic mass is 32.2. The van der Waals surface area contributed by atoms with Crippen molar-refractivity contribution in [3.05, 3.63) is 60.2 Å². The van der Waals surface area contributed by atoms with E-state index in [4.69, 9.17) is 4.74 Å². The molecule has 2 aromatic carbocycles. The molecule has 2 saturated heterocycles. The number of rotatable bonds is 5. The number of benzene rings is 2. The van der Waals surface area contributed by atoms with Gasteiger partial charge < -0.3 is 9.64 Å². The second-order valence-electron chi connectivity index (χ2n) is 7.96. The zero-order chi connectivity index (χ0) is 21.1. The molecule has 2 aliphatic rings. The average molecular weight is 429 g/mol. The minimum atomic E-state index is -3.50. The number of ether oxygens (including phenoxy) is 1. The van der Waals surface area contributed by atoms with E-state index in [1.807, 2.05) is 29.2 Å². The highest BCUT2D eigenvalue weighted by Gasteiger charge is 2.37. The van der Waals surface area contributed by atoms with Crippen molar-refractivity contribution in [2.45, 2.75) is 36.6 Å². The van der Waals surface area contributed by atoms with E-state index in [1.54, 1.807) is 37.4 Å². The Kier molecular flexibility index (Phi) is 6.11. The molecule has 30 heavy (non-hydrogen) atoms. The summed E-state index contributed by atoms with van der Waals surface area (Å²) in [5.74, 6) is 0.821. The van der Waals surface area contributed by atoms with Gasteiger partial charge in [-0.3, -0.25) is 4.79 Å². The zero-order valence-corrected chi connectivity index (χ0v) is 18.1. The Hall–Kier alpha value is -2.38. The number of hydrogen-bond donors (Lipinski definition) is 0. The average Bonchev–Trinajstić information content (AvgIpc) is 3.29. The molecule has 160 valence electrons. The van der Waals surface area contributed by atoms with Crippen LogP contribution in [0.5, 0.6) is 5.75 Å². The predicted octanol–water partition coefficient (Wildman–Crippen LogP) is 3.46. The van der Waals surface area contributed by atoms with Crippen LogP contribution in [0.3, 0.4) is 0 Å². The molecule has 6 nitrogen and oxygen atoms in total. The van der Waals surface area contributed by atoms with Crippen molar-refractivity contribution in [1.29, 1.82) is 0 Å². The second kappa shape index (κ2) is 8.78. The molecule has 7 heteroatoms. The van der Waals surface area contributed by atoms with Crippen molar-refractivity contribution in [2.24, 2.45) is 5.92 Å². The Morgan fingerprint density at radius 1 is 0.967 bits per heavy atom. The number of nitrogens with zero attached hydrogens (tertiary/aromatic N) is 2. The third-order valence-corrected chi connectivity index (χ3v) is 8.11. The fourth-order valence-corrected chi connectivity index (χ4v) is 6.04. The molecule has 1 amide bonds.